The van der Waals surface area contributed by atoms with Crippen LogP contribution in [0.3, 0.4) is 0 Å². The smallest absolute Gasteiger partial charge is 0.217 e. The lowest BCUT2D eigenvalue weighted by molar-refractivity contribution is -0.111. The second-order valence-electron chi connectivity index (χ2n) is 32.0. The predicted octanol–water partition coefficient (Wildman–Crippen LogP) is 7.95. The summed E-state index contributed by atoms with van der Waals surface area (Å²) in [6, 6.07) is 59.5. The Labute approximate surface area is 733 Å². The van der Waals surface area contributed by atoms with Crippen molar-refractivity contribution < 1.29 is 37.9 Å². The number of ketones is 3. The summed E-state index contributed by atoms with van der Waals surface area (Å²) in [5.74, 6) is 2.60. The number of para-hydroxylation sites is 4. The number of fused-ring (bicyclic) bond motifs is 4. The molecular weight excluding hydrogens is 1610 g/mol. The summed E-state index contributed by atoms with van der Waals surface area (Å²) in [6.45, 7) is 21.8. The van der Waals surface area contributed by atoms with E-state index in [2.05, 4.69) is 144 Å². The number of aromatic amines is 8. The summed E-state index contributed by atoms with van der Waals surface area (Å²) in [5.41, 5.74) is 20.2. The Morgan fingerprint density at radius 2 is 0.866 bits per heavy atom. The number of pyridine rings is 1. The average Bonchev–Trinajstić information content (AvgIpc) is 1.59. The monoisotopic (exact) mass is 1700 g/mol. The Morgan fingerprint density at radius 3 is 1.28 bits per heavy atom. The first-order chi connectivity index (χ1) is 61.7. The van der Waals surface area contributed by atoms with Crippen molar-refractivity contribution >= 4 is 98.1 Å². The van der Waals surface area contributed by atoms with E-state index in [9.17, 15) is 14.4 Å². The van der Waals surface area contributed by atoms with Gasteiger partial charge in [-0.05, 0) is 226 Å². The molecule has 4 aromatic carbocycles. The molecule has 0 bridgehead atoms. The van der Waals surface area contributed by atoms with Crippen LogP contribution in [0.5, 0.6) is 23.0 Å². The molecule has 24 heteroatoms. The highest BCUT2D eigenvalue weighted by Gasteiger charge is 2.29. The number of carbonyl (C=O) groups excluding carboxylic acids is 3. The quantitative estimate of drug-likeness (QED) is 0.0371. The third-order valence-electron chi connectivity index (χ3n) is 22.9. The van der Waals surface area contributed by atoms with Crippen LogP contribution >= 0.6 is 11.3 Å². The molecule has 0 spiro atoms. The minimum absolute atomic E-state index is 0.00589. The van der Waals surface area contributed by atoms with E-state index in [1.165, 1.54) is 46.8 Å². The Morgan fingerprint density at radius 1 is 0.457 bits per heavy atom. The van der Waals surface area contributed by atoms with Gasteiger partial charge in [-0.25, -0.2) is 20.0 Å². The Bertz CT molecular complexity index is 8010. The third-order valence-corrected chi connectivity index (χ3v) is 24.0. The van der Waals surface area contributed by atoms with Gasteiger partial charge in [-0.2, -0.15) is 0 Å². The lowest BCUT2D eigenvalue weighted by Gasteiger charge is -2.11. The van der Waals surface area contributed by atoms with Gasteiger partial charge in [0, 0.05) is 109 Å². The SMILES string of the molecule is CCOc1cc(=C2N=c3ccccc3=C2CCC2CCCN2)[nH]/c1=C\c1[nH]c(C)cc1C.COc1cc(=C2N=c3ccccc3=C2C(=O)c2ccc(-c3ccccn3)s2)[nH]/c1=C\c1[nH]c(C)cc1C.COc1cc(=C2N=c3ccccc3=C2C(=O)c2ccon2)[nH]/c1=C\c1[nH]c(C)cc1C.COc1cc(=C2N=c3ccccc3=C2C(C)=O)[nH]/c1=C\c1[nH]c(C)cc1C. The maximum absolute atomic E-state index is 14.0. The van der Waals surface area contributed by atoms with Gasteiger partial charge in [0.1, 0.15) is 29.3 Å². The van der Waals surface area contributed by atoms with Gasteiger partial charge in [-0.15, -0.1) is 11.3 Å². The number of aryl methyl sites for hydroxylation is 8. The number of hydrogen-bond acceptors (Lipinski definition) is 16. The minimum atomic E-state index is -0.243. The van der Waals surface area contributed by atoms with E-state index >= 15 is 0 Å². The van der Waals surface area contributed by atoms with Crippen molar-refractivity contribution in [3.05, 3.63) is 358 Å². The molecule has 0 radical (unpaired) electrons. The largest absolute Gasteiger partial charge is 0.494 e. The molecular formula is C103H97N15O8S. The molecule has 1 fully saturated rings. The van der Waals surface area contributed by atoms with E-state index in [4.69, 9.17) is 43.4 Å². The van der Waals surface area contributed by atoms with Crippen molar-refractivity contribution in [2.75, 3.05) is 34.5 Å². The van der Waals surface area contributed by atoms with E-state index < -0.39 is 0 Å². The number of rotatable bonds is 18. The summed E-state index contributed by atoms with van der Waals surface area (Å²) >= 11 is 1.44. The maximum Gasteiger partial charge on any atom is 0.217 e. The van der Waals surface area contributed by atoms with Gasteiger partial charge in [-0.3, -0.25) is 19.4 Å². The number of benzene rings is 4. The van der Waals surface area contributed by atoms with Gasteiger partial charge in [0.05, 0.1) is 147 Å². The zero-order valence-electron chi connectivity index (χ0n) is 73.0. The number of aromatic nitrogens is 10. The van der Waals surface area contributed by atoms with Crippen molar-refractivity contribution in [2.45, 2.75) is 101 Å². The highest BCUT2D eigenvalue weighted by Crippen LogP contribution is 2.32. The maximum atomic E-state index is 14.0. The number of Topliss-reactive ketones (excluding diaryl/α,β-unsaturated/α-hetero) is 3. The molecule has 0 aliphatic carbocycles. The molecule has 0 saturated carbocycles. The summed E-state index contributed by atoms with van der Waals surface area (Å²) < 4.78 is 27.7. The molecule has 5 aliphatic heterocycles. The van der Waals surface area contributed by atoms with Crippen molar-refractivity contribution in [3.63, 3.8) is 0 Å². The fourth-order valence-corrected chi connectivity index (χ4v) is 17.9. The van der Waals surface area contributed by atoms with Crippen molar-refractivity contribution in [2.24, 2.45) is 20.0 Å². The van der Waals surface area contributed by atoms with Crippen LogP contribution in [0.4, 0.5) is 0 Å². The van der Waals surface area contributed by atoms with Gasteiger partial charge in [0.25, 0.3) is 0 Å². The molecule has 127 heavy (non-hydrogen) atoms. The number of carbonyl (C=O) groups is 3. The first kappa shape index (κ1) is 84.2. The highest BCUT2D eigenvalue weighted by molar-refractivity contribution is 7.17. The molecule has 1 atom stereocenters. The predicted molar refractivity (Wildman–Crippen MR) is 496 cm³/mol. The first-order valence-corrected chi connectivity index (χ1v) is 43.2. The molecule has 5 aliphatic rings. The molecule has 1 unspecified atom stereocenters. The zero-order valence-corrected chi connectivity index (χ0v) is 73.8. The molecule has 20 rings (SSSR count). The molecule has 16 heterocycles. The number of methoxy groups -OCH3 is 3. The van der Waals surface area contributed by atoms with Gasteiger partial charge < -0.3 is 68.7 Å². The zero-order chi connectivity index (χ0) is 88.3. The van der Waals surface area contributed by atoms with Crippen LogP contribution in [0, 0.1) is 55.4 Å². The number of ether oxygens (including phenoxy) is 4. The van der Waals surface area contributed by atoms with Crippen LogP contribution in [-0.4, -0.2) is 108 Å². The number of hydrogen-bond donors (Lipinski definition) is 9. The molecule has 9 N–H and O–H groups in total. The van der Waals surface area contributed by atoms with Crippen LogP contribution < -0.4 is 109 Å². The highest BCUT2D eigenvalue weighted by atomic mass is 32.1. The van der Waals surface area contributed by atoms with E-state index in [1.54, 1.807) is 40.5 Å². The van der Waals surface area contributed by atoms with E-state index in [0.717, 1.165) is 178 Å². The molecule has 0 amide bonds. The normalized spacial score (nSPS) is 16.3. The molecule has 15 aromatic rings. The van der Waals surface area contributed by atoms with Crippen LogP contribution in [0.15, 0.2) is 219 Å². The second kappa shape index (κ2) is 36.4. The van der Waals surface area contributed by atoms with Crippen molar-refractivity contribution in [3.8, 4) is 33.6 Å². The standard InChI is InChI=1S/C30H24N4O2S.C27H32N4O.C24H20N4O3.C22H21N3O2/c1-17-14-18(2)32-22(17)15-23-25(36-3)16-24(33-23)29-28(19-8-4-5-9-20(19)34-29)30(35)27-12-11-26(37-27)21-10-6-7-13-31-21;1-4-32-26-16-25(30-24(26)15-23-17(2)14-18(3)29-23)27-21(12-11-19-8-7-13-28-19)20-9-5-6-10-22(20)31-27;1-13-10-14(2)25-18(13)11-19-21(30-3)12-20(26-19)23-22(24(29)17-8-9-31-28-17)15-6-4-5-7-16(15)27-23;1-12-9-13(2)23-17(12)10-18-20(27-4)11-19(24-18)22-21(14(3)26)15-7-5-6-8-16(15)25-22/h4-16,32-33H,1-3H3;5-6,9-10,14-16,19,28-30H,4,7-8,11-13H2,1-3H3;4-12,25-26H,1-3H3;5-11,23-24H,1-4H3/b23-15-,29-24?;24-15-,27-25?;19-11-,23-20?;18-10-,22-19?. The number of thiophene rings is 1. The molecule has 1 saturated heterocycles. The molecule has 11 aromatic heterocycles. The lowest BCUT2D eigenvalue weighted by Crippen LogP contribution is -2.25. The third kappa shape index (κ3) is 17.6. The Kier molecular flexibility index (Phi) is 24.2. The van der Waals surface area contributed by atoms with E-state index in [1.807, 2.05) is 174 Å². The van der Waals surface area contributed by atoms with Gasteiger partial charge >= 0.3 is 0 Å². The topological polar surface area (TPSA) is 315 Å². The summed E-state index contributed by atoms with van der Waals surface area (Å²) in [4.78, 5) is 92.2. The molecule has 638 valence electrons. The Hall–Kier alpha value is -15.0. The van der Waals surface area contributed by atoms with Gasteiger partial charge in [0.2, 0.25) is 11.6 Å². The number of nitrogens with zero attached hydrogens (tertiary/aromatic N) is 6. The van der Waals surface area contributed by atoms with E-state index in [-0.39, 0.29) is 23.0 Å². The lowest BCUT2D eigenvalue weighted by atomic mass is 10.0. The fourth-order valence-electron chi connectivity index (χ4n) is 17.0. The number of H-pyrrole nitrogens is 8. The fraction of sp³-hybridized carbons (Fsp3) is 0.194. The number of nitrogens with one attached hydrogen (secondary N) is 9. The van der Waals surface area contributed by atoms with Gasteiger partial charge in [0.15, 0.2) is 11.5 Å². The van der Waals surface area contributed by atoms with Crippen LogP contribution in [0.25, 0.3) is 80.0 Å². The van der Waals surface area contributed by atoms with E-state index in [0.29, 0.717) is 73.9 Å². The van der Waals surface area contributed by atoms with Crippen LogP contribution in [0.2, 0.25) is 0 Å². The van der Waals surface area contributed by atoms with Crippen LogP contribution in [-0.2, 0) is 4.79 Å². The Balaban J connectivity index is 0.000000120. The van der Waals surface area contributed by atoms with Gasteiger partial charge in [-0.1, -0.05) is 84.0 Å². The molecule has 23 nitrogen and oxygen atoms in total. The van der Waals surface area contributed by atoms with Crippen molar-refractivity contribution in [1.29, 1.82) is 0 Å². The minimum Gasteiger partial charge on any atom is -0.494 e. The van der Waals surface area contributed by atoms with Crippen molar-refractivity contribution in [1.82, 2.24) is 55.3 Å². The second-order valence-corrected chi connectivity index (χ2v) is 33.1. The summed E-state index contributed by atoms with van der Waals surface area (Å²) in [6.07, 6.45) is 16.0. The summed E-state index contributed by atoms with van der Waals surface area (Å²) in [5, 5.41) is 21.2. The van der Waals surface area contributed by atoms with Crippen LogP contribution in [0.1, 0.15) is 127 Å². The first-order valence-electron chi connectivity index (χ1n) is 42.3. The average molecular weight is 1710 g/mol. The summed E-state index contributed by atoms with van der Waals surface area (Å²) in [7, 11) is 4.90.